The van der Waals surface area contributed by atoms with Crippen molar-refractivity contribution in [2.45, 2.75) is 17.2 Å². The summed E-state index contributed by atoms with van der Waals surface area (Å²) in [6.45, 7) is 2.83. The van der Waals surface area contributed by atoms with Gasteiger partial charge in [-0.3, -0.25) is 0 Å². The van der Waals surface area contributed by atoms with Crippen LogP contribution in [-0.4, -0.2) is 31.9 Å². The van der Waals surface area contributed by atoms with Gasteiger partial charge in [0.15, 0.2) is 0 Å². The molecule has 1 fully saturated rings. The number of nitrogens with zero attached hydrogens (tertiary/aromatic N) is 1. The molecule has 0 saturated carbocycles. The van der Waals surface area contributed by atoms with Gasteiger partial charge in [-0.2, -0.15) is 4.31 Å². The average molecular weight is 281 g/mol. The van der Waals surface area contributed by atoms with E-state index in [0.717, 1.165) is 11.3 Å². The lowest BCUT2D eigenvalue weighted by Gasteiger charge is -2.14. The Hall–Kier alpha value is -0.140. The van der Waals surface area contributed by atoms with Crippen LogP contribution >= 0.6 is 22.9 Å². The molecule has 2 unspecified atom stereocenters. The van der Waals surface area contributed by atoms with Crippen molar-refractivity contribution in [2.75, 3.05) is 13.1 Å². The van der Waals surface area contributed by atoms with E-state index in [9.17, 15) is 8.42 Å². The summed E-state index contributed by atoms with van der Waals surface area (Å²) in [6.07, 6.45) is 0. The Morgan fingerprint density at radius 3 is 2.62 bits per heavy atom. The van der Waals surface area contributed by atoms with Gasteiger partial charge in [0.2, 0.25) is 0 Å². The van der Waals surface area contributed by atoms with Crippen LogP contribution in [0.4, 0.5) is 0 Å². The normalized spacial score (nSPS) is 27.4. The first-order valence-corrected chi connectivity index (χ1v) is 7.56. The fourth-order valence-corrected chi connectivity index (χ4v) is 4.92. The Bertz CT molecular complexity index is 475. The van der Waals surface area contributed by atoms with Crippen LogP contribution in [0.2, 0.25) is 4.34 Å². The number of rotatable bonds is 2. The number of thiophene rings is 1. The molecule has 0 spiro atoms. The Kier molecular flexibility index (Phi) is 3.29. The molecule has 2 heterocycles. The van der Waals surface area contributed by atoms with Gasteiger partial charge in [-0.25, -0.2) is 8.42 Å². The largest absolute Gasteiger partial charge is 0.326 e. The zero-order valence-electron chi connectivity index (χ0n) is 8.76. The maximum absolute atomic E-state index is 12.2. The SMILES string of the molecule is CC1CN(S(=O)(=O)c2ccc(Cl)s2)CC1N. The first-order chi connectivity index (χ1) is 7.41. The molecule has 2 N–H and O–H groups in total. The summed E-state index contributed by atoms with van der Waals surface area (Å²) in [5.41, 5.74) is 5.82. The highest BCUT2D eigenvalue weighted by atomic mass is 35.5. The van der Waals surface area contributed by atoms with Crippen molar-refractivity contribution in [3.63, 3.8) is 0 Å². The molecule has 1 aromatic rings. The van der Waals surface area contributed by atoms with E-state index in [4.69, 9.17) is 17.3 Å². The third-order valence-corrected chi connectivity index (χ3v) is 6.31. The second kappa shape index (κ2) is 4.27. The highest BCUT2D eigenvalue weighted by Gasteiger charge is 2.35. The van der Waals surface area contributed by atoms with E-state index in [0.29, 0.717) is 21.6 Å². The lowest BCUT2D eigenvalue weighted by Crippen LogP contribution is -2.31. The van der Waals surface area contributed by atoms with Crippen LogP contribution in [0, 0.1) is 5.92 Å². The number of hydrogen-bond donors (Lipinski definition) is 1. The third kappa shape index (κ3) is 2.12. The first-order valence-electron chi connectivity index (χ1n) is 4.92. The molecule has 0 aromatic carbocycles. The molecule has 2 rings (SSSR count). The first kappa shape index (κ1) is 12.3. The van der Waals surface area contributed by atoms with Gasteiger partial charge in [0.1, 0.15) is 4.21 Å². The van der Waals surface area contributed by atoms with E-state index in [-0.39, 0.29) is 12.0 Å². The van der Waals surface area contributed by atoms with E-state index in [1.54, 1.807) is 6.07 Å². The van der Waals surface area contributed by atoms with Gasteiger partial charge in [0.05, 0.1) is 4.34 Å². The fourth-order valence-electron chi connectivity index (χ4n) is 1.71. The summed E-state index contributed by atoms with van der Waals surface area (Å²) in [5.74, 6) is 0.199. The molecular formula is C9H13ClN2O2S2. The van der Waals surface area contributed by atoms with Crippen molar-refractivity contribution in [1.29, 1.82) is 0 Å². The monoisotopic (exact) mass is 280 g/mol. The summed E-state index contributed by atoms with van der Waals surface area (Å²) < 4.78 is 26.5. The Balaban J connectivity index is 2.27. The number of sulfonamides is 1. The van der Waals surface area contributed by atoms with Crippen LogP contribution in [0.5, 0.6) is 0 Å². The van der Waals surface area contributed by atoms with Crippen LogP contribution in [-0.2, 0) is 10.0 Å². The second-order valence-corrected chi connectivity index (χ2v) is 7.90. The zero-order chi connectivity index (χ0) is 11.9. The fraction of sp³-hybridized carbons (Fsp3) is 0.556. The van der Waals surface area contributed by atoms with Gasteiger partial charge in [0.25, 0.3) is 10.0 Å². The summed E-state index contributed by atoms with van der Waals surface area (Å²) in [7, 11) is -3.40. The molecule has 7 heteroatoms. The molecule has 2 atom stereocenters. The van der Waals surface area contributed by atoms with Crippen LogP contribution in [0.25, 0.3) is 0 Å². The highest BCUT2D eigenvalue weighted by Crippen LogP contribution is 2.30. The minimum Gasteiger partial charge on any atom is -0.326 e. The molecule has 1 aliphatic heterocycles. The van der Waals surface area contributed by atoms with E-state index in [2.05, 4.69) is 0 Å². The second-order valence-electron chi connectivity index (χ2n) is 4.02. The van der Waals surface area contributed by atoms with Crippen molar-refractivity contribution in [3.8, 4) is 0 Å². The molecule has 1 saturated heterocycles. The van der Waals surface area contributed by atoms with E-state index in [1.807, 2.05) is 6.92 Å². The van der Waals surface area contributed by atoms with Crippen LogP contribution in [0.15, 0.2) is 16.3 Å². The van der Waals surface area contributed by atoms with E-state index in [1.165, 1.54) is 10.4 Å². The molecular weight excluding hydrogens is 268 g/mol. The highest BCUT2D eigenvalue weighted by molar-refractivity contribution is 7.91. The van der Waals surface area contributed by atoms with Gasteiger partial charge in [-0.05, 0) is 18.1 Å². The van der Waals surface area contributed by atoms with Gasteiger partial charge < -0.3 is 5.73 Å². The van der Waals surface area contributed by atoms with Gasteiger partial charge in [-0.15, -0.1) is 11.3 Å². The summed E-state index contributed by atoms with van der Waals surface area (Å²) in [5, 5.41) is 0. The van der Waals surface area contributed by atoms with Crippen LogP contribution < -0.4 is 5.73 Å². The van der Waals surface area contributed by atoms with E-state index >= 15 is 0 Å². The van der Waals surface area contributed by atoms with E-state index < -0.39 is 10.0 Å². The average Bonchev–Trinajstić information content (AvgIpc) is 2.75. The molecule has 0 aliphatic carbocycles. The topological polar surface area (TPSA) is 63.4 Å². The lowest BCUT2D eigenvalue weighted by molar-refractivity contribution is 0.466. The van der Waals surface area contributed by atoms with Gasteiger partial charge in [0, 0.05) is 19.1 Å². The molecule has 16 heavy (non-hydrogen) atoms. The predicted molar refractivity (Wildman–Crippen MR) is 65.2 cm³/mol. The van der Waals surface area contributed by atoms with Gasteiger partial charge in [-0.1, -0.05) is 18.5 Å². The van der Waals surface area contributed by atoms with Crippen molar-refractivity contribution >= 4 is 33.0 Å². The predicted octanol–water partition coefficient (Wildman–Crippen LogP) is 1.37. The Labute approximate surface area is 104 Å². The number of halogens is 1. The maximum atomic E-state index is 12.2. The Morgan fingerprint density at radius 1 is 1.50 bits per heavy atom. The van der Waals surface area contributed by atoms with Crippen LogP contribution in [0.3, 0.4) is 0 Å². The third-order valence-electron chi connectivity index (χ3n) is 2.78. The van der Waals surface area contributed by atoms with Crippen molar-refractivity contribution in [3.05, 3.63) is 16.5 Å². The minimum atomic E-state index is -3.40. The maximum Gasteiger partial charge on any atom is 0.252 e. The molecule has 0 radical (unpaired) electrons. The lowest BCUT2D eigenvalue weighted by atomic mass is 10.1. The molecule has 1 aromatic heterocycles. The summed E-state index contributed by atoms with van der Waals surface area (Å²) >= 11 is 6.82. The van der Waals surface area contributed by atoms with Crippen molar-refractivity contribution in [2.24, 2.45) is 11.7 Å². The zero-order valence-corrected chi connectivity index (χ0v) is 11.1. The molecule has 0 amide bonds. The number of nitrogens with two attached hydrogens (primary N) is 1. The van der Waals surface area contributed by atoms with Crippen molar-refractivity contribution < 1.29 is 8.42 Å². The van der Waals surface area contributed by atoms with Crippen molar-refractivity contribution in [1.82, 2.24) is 4.31 Å². The standard InChI is InChI=1S/C9H13ClN2O2S2/c1-6-4-12(5-7(6)11)16(13,14)9-3-2-8(10)15-9/h2-3,6-7H,4-5,11H2,1H3. The van der Waals surface area contributed by atoms with Crippen LogP contribution in [0.1, 0.15) is 6.92 Å². The smallest absolute Gasteiger partial charge is 0.252 e. The van der Waals surface area contributed by atoms with Gasteiger partial charge >= 0.3 is 0 Å². The summed E-state index contributed by atoms with van der Waals surface area (Å²) in [4.78, 5) is 0. The Morgan fingerprint density at radius 2 is 2.19 bits per heavy atom. The number of hydrogen-bond acceptors (Lipinski definition) is 4. The molecule has 0 bridgehead atoms. The summed E-state index contributed by atoms with van der Waals surface area (Å²) in [6, 6.07) is 3.06. The minimum absolute atomic E-state index is 0.0785. The molecule has 4 nitrogen and oxygen atoms in total. The molecule has 90 valence electrons. The molecule has 1 aliphatic rings. The quantitative estimate of drug-likeness (QED) is 0.890.